The molecule has 7 nitrogen and oxygen atoms in total. The normalized spacial score (nSPS) is 21.8. The van der Waals surface area contributed by atoms with E-state index in [0.717, 1.165) is 56.7 Å². The number of piperazine rings is 1. The van der Waals surface area contributed by atoms with Crippen molar-refractivity contribution >= 4 is 11.9 Å². The van der Waals surface area contributed by atoms with Crippen molar-refractivity contribution in [2.75, 3.05) is 51.3 Å². The molecule has 154 valence electrons. The molecule has 28 heavy (non-hydrogen) atoms. The van der Waals surface area contributed by atoms with Crippen LogP contribution in [0.3, 0.4) is 0 Å². The molecule has 1 saturated heterocycles. The molecule has 7 heteroatoms. The Morgan fingerprint density at radius 2 is 1.82 bits per heavy atom. The number of rotatable bonds is 4. The number of amides is 1. The van der Waals surface area contributed by atoms with Gasteiger partial charge in [-0.15, -0.1) is 0 Å². The molecule has 1 aliphatic carbocycles. The van der Waals surface area contributed by atoms with E-state index in [4.69, 9.17) is 9.72 Å². The molecule has 4 rings (SSSR count). The van der Waals surface area contributed by atoms with Gasteiger partial charge in [0.25, 0.3) is 5.91 Å². The number of hydrogen-bond acceptors (Lipinski definition) is 6. The minimum Gasteiger partial charge on any atom is -0.369 e. The monoisotopic (exact) mass is 387 g/mol. The molecule has 0 spiro atoms. The van der Waals surface area contributed by atoms with Crippen LogP contribution in [0.5, 0.6) is 0 Å². The number of nitrogens with zero attached hydrogens (tertiary/aromatic N) is 5. The standard InChI is InChI=1S/C21H33N5O2/c1-21(2,28-3)19(27)25-9-7-16-15-22-20(23-18(16)8-10-25)26-13-11-24(12-14-26)17-5-4-6-17/h15,17H,4-14H2,1-3H3. The zero-order chi connectivity index (χ0) is 19.7. The third-order valence-corrected chi connectivity index (χ3v) is 6.71. The number of aromatic nitrogens is 2. The first-order valence-electron chi connectivity index (χ1n) is 10.7. The van der Waals surface area contributed by atoms with Gasteiger partial charge in [-0.25, -0.2) is 9.97 Å². The lowest BCUT2D eigenvalue weighted by molar-refractivity contribution is -0.150. The Labute approximate surface area is 168 Å². The summed E-state index contributed by atoms with van der Waals surface area (Å²) < 4.78 is 5.38. The maximum Gasteiger partial charge on any atom is 0.254 e. The van der Waals surface area contributed by atoms with Crippen LogP contribution in [0, 0.1) is 0 Å². The van der Waals surface area contributed by atoms with E-state index in [9.17, 15) is 4.79 Å². The van der Waals surface area contributed by atoms with Gasteiger partial charge in [-0.2, -0.15) is 0 Å². The smallest absolute Gasteiger partial charge is 0.254 e. The maximum atomic E-state index is 12.7. The molecule has 0 radical (unpaired) electrons. The highest BCUT2D eigenvalue weighted by Crippen LogP contribution is 2.26. The molecule has 2 aliphatic heterocycles. The minimum absolute atomic E-state index is 0.0445. The molecule has 0 unspecified atom stereocenters. The van der Waals surface area contributed by atoms with Gasteiger partial charge in [0.05, 0.1) is 5.69 Å². The average molecular weight is 388 g/mol. The first kappa shape index (κ1) is 19.6. The number of fused-ring (bicyclic) bond motifs is 1. The van der Waals surface area contributed by atoms with E-state index < -0.39 is 5.60 Å². The Kier molecular flexibility index (Phi) is 5.56. The molecular formula is C21H33N5O2. The second-order valence-corrected chi connectivity index (χ2v) is 8.76. The SMILES string of the molecule is COC(C)(C)C(=O)N1CCc2cnc(N3CCN(C4CCC4)CC3)nc2CC1. The maximum absolute atomic E-state index is 12.7. The van der Waals surface area contributed by atoms with Crippen LogP contribution in [-0.4, -0.2) is 83.7 Å². The molecule has 1 aromatic rings. The van der Waals surface area contributed by atoms with Crippen LogP contribution >= 0.6 is 0 Å². The lowest BCUT2D eigenvalue weighted by Crippen LogP contribution is -2.52. The predicted octanol–water partition coefficient (Wildman–Crippen LogP) is 1.50. The van der Waals surface area contributed by atoms with Crippen molar-refractivity contribution in [3.63, 3.8) is 0 Å². The van der Waals surface area contributed by atoms with Gasteiger partial charge in [-0.1, -0.05) is 6.42 Å². The van der Waals surface area contributed by atoms with E-state index in [0.29, 0.717) is 13.1 Å². The van der Waals surface area contributed by atoms with Gasteiger partial charge in [-0.3, -0.25) is 9.69 Å². The number of carbonyl (C=O) groups excluding carboxylic acids is 1. The zero-order valence-corrected chi connectivity index (χ0v) is 17.5. The summed E-state index contributed by atoms with van der Waals surface area (Å²) >= 11 is 0. The van der Waals surface area contributed by atoms with E-state index in [2.05, 4.69) is 14.8 Å². The molecule has 3 aliphatic rings. The largest absolute Gasteiger partial charge is 0.369 e. The van der Waals surface area contributed by atoms with Gasteiger partial charge in [0.2, 0.25) is 5.95 Å². The van der Waals surface area contributed by atoms with Crippen molar-refractivity contribution in [1.82, 2.24) is 19.8 Å². The molecule has 0 atom stereocenters. The minimum atomic E-state index is -0.784. The Hall–Kier alpha value is -1.73. The van der Waals surface area contributed by atoms with E-state index in [1.165, 1.54) is 24.8 Å². The summed E-state index contributed by atoms with van der Waals surface area (Å²) in [6.07, 6.45) is 7.68. The molecule has 3 heterocycles. The number of methoxy groups -OCH3 is 1. The van der Waals surface area contributed by atoms with Crippen LogP contribution < -0.4 is 4.90 Å². The van der Waals surface area contributed by atoms with Crippen LogP contribution in [0.1, 0.15) is 44.4 Å². The van der Waals surface area contributed by atoms with Crippen molar-refractivity contribution in [2.24, 2.45) is 0 Å². The van der Waals surface area contributed by atoms with Crippen LogP contribution in [-0.2, 0) is 22.4 Å². The highest BCUT2D eigenvalue weighted by Gasteiger charge is 2.33. The van der Waals surface area contributed by atoms with Gasteiger partial charge in [0, 0.05) is 65.0 Å². The first-order valence-corrected chi connectivity index (χ1v) is 10.7. The van der Waals surface area contributed by atoms with Crippen molar-refractivity contribution in [3.8, 4) is 0 Å². The lowest BCUT2D eigenvalue weighted by Gasteiger charge is -2.43. The molecule has 0 bridgehead atoms. The van der Waals surface area contributed by atoms with Gasteiger partial charge < -0.3 is 14.5 Å². The Morgan fingerprint density at radius 1 is 1.11 bits per heavy atom. The molecule has 0 aromatic carbocycles. The summed E-state index contributed by atoms with van der Waals surface area (Å²) in [5.74, 6) is 0.895. The van der Waals surface area contributed by atoms with E-state index in [1.807, 2.05) is 24.9 Å². The number of hydrogen-bond donors (Lipinski definition) is 0. The first-order chi connectivity index (χ1) is 13.5. The fourth-order valence-corrected chi connectivity index (χ4v) is 4.33. The second-order valence-electron chi connectivity index (χ2n) is 8.76. The summed E-state index contributed by atoms with van der Waals surface area (Å²) in [5, 5.41) is 0. The Balaban J connectivity index is 1.39. The quantitative estimate of drug-likeness (QED) is 0.780. The molecule has 1 saturated carbocycles. The van der Waals surface area contributed by atoms with Gasteiger partial charge in [0.1, 0.15) is 5.60 Å². The molecule has 1 aromatic heterocycles. The third-order valence-electron chi connectivity index (χ3n) is 6.71. The Bertz CT molecular complexity index is 711. The van der Waals surface area contributed by atoms with E-state index in [1.54, 1.807) is 7.11 Å². The van der Waals surface area contributed by atoms with Crippen LogP contribution in [0.2, 0.25) is 0 Å². The zero-order valence-electron chi connectivity index (χ0n) is 17.5. The van der Waals surface area contributed by atoms with Crippen molar-refractivity contribution in [3.05, 3.63) is 17.5 Å². The summed E-state index contributed by atoms with van der Waals surface area (Å²) in [4.78, 5) is 29.2. The van der Waals surface area contributed by atoms with Crippen molar-refractivity contribution < 1.29 is 9.53 Å². The third kappa shape index (κ3) is 3.87. The summed E-state index contributed by atoms with van der Waals surface area (Å²) in [7, 11) is 1.59. The number of anilines is 1. The number of ether oxygens (including phenoxy) is 1. The summed E-state index contributed by atoms with van der Waals surface area (Å²) in [6, 6.07) is 0.815. The van der Waals surface area contributed by atoms with Crippen LogP contribution in [0.15, 0.2) is 6.20 Å². The molecule has 2 fully saturated rings. The predicted molar refractivity (Wildman–Crippen MR) is 109 cm³/mol. The lowest BCUT2D eigenvalue weighted by atomic mass is 9.91. The van der Waals surface area contributed by atoms with Gasteiger partial charge in [-0.05, 0) is 38.7 Å². The van der Waals surface area contributed by atoms with Crippen molar-refractivity contribution in [2.45, 2.75) is 57.6 Å². The fourth-order valence-electron chi connectivity index (χ4n) is 4.33. The fraction of sp³-hybridized carbons (Fsp3) is 0.762. The second kappa shape index (κ2) is 7.95. The highest BCUT2D eigenvalue weighted by atomic mass is 16.5. The van der Waals surface area contributed by atoms with Crippen LogP contribution in [0.25, 0.3) is 0 Å². The van der Waals surface area contributed by atoms with Crippen LogP contribution in [0.4, 0.5) is 5.95 Å². The summed E-state index contributed by atoms with van der Waals surface area (Å²) in [5.41, 5.74) is 1.48. The van der Waals surface area contributed by atoms with E-state index >= 15 is 0 Å². The molecule has 1 amide bonds. The van der Waals surface area contributed by atoms with Gasteiger partial charge in [0.15, 0.2) is 0 Å². The topological polar surface area (TPSA) is 61.8 Å². The van der Waals surface area contributed by atoms with E-state index in [-0.39, 0.29) is 5.91 Å². The average Bonchev–Trinajstić information content (AvgIpc) is 2.88. The summed E-state index contributed by atoms with van der Waals surface area (Å²) in [6.45, 7) is 9.26. The molecule has 0 N–H and O–H groups in total. The highest BCUT2D eigenvalue weighted by molar-refractivity contribution is 5.84. The number of carbonyl (C=O) groups is 1. The Morgan fingerprint density at radius 3 is 2.46 bits per heavy atom. The van der Waals surface area contributed by atoms with Gasteiger partial charge >= 0.3 is 0 Å². The molecular weight excluding hydrogens is 354 g/mol. The van der Waals surface area contributed by atoms with Crippen molar-refractivity contribution in [1.29, 1.82) is 0 Å².